The molecule has 1 aromatic heterocycles. The molecule has 0 atom stereocenters. The number of rotatable bonds is 2. The van der Waals surface area contributed by atoms with Crippen LogP contribution in [-0.2, 0) is 0 Å². The molecule has 0 N–H and O–H groups in total. The Labute approximate surface area is 113 Å². The summed E-state index contributed by atoms with van der Waals surface area (Å²) in [5, 5.41) is 0.807. The minimum absolute atomic E-state index is 0.0631. The SMILES string of the molecule is Cc1ccc(Cl)c(Oc2nc(Cl)ncc2Cl)c1. The molecule has 1 aromatic carbocycles. The zero-order valence-electron chi connectivity index (χ0n) is 8.75. The van der Waals surface area contributed by atoms with Crippen molar-refractivity contribution in [2.45, 2.75) is 6.92 Å². The number of ether oxygens (including phenoxy) is 1. The van der Waals surface area contributed by atoms with Gasteiger partial charge in [-0.3, -0.25) is 0 Å². The predicted octanol–water partition coefficient (Wildman–Crippen LogP) is 4.54. The lowest BCUT2D eigenvalue weighted by molar-refractivity contribution is 0.462. The molecule has 2 rings (SSSR count). The summed E-state index contributed by atoms with van der Waals surface area (Å²) >= 11 is 17.5. The topological polar surface area (TPSA) is 35.0 Å². The van der Waals surface area contributed by atoms with Crippen molar-refractivity contribution in [2.24, 2.45) is 0 Å². The number of halogens is 3. The highest BCUT2D eigenvalue weighted by atomic mass is 35.5. The van der Waals surface area contributed by atoms with Crippen LogP contribution in [0.4, 0.5) is 0 Å². The maximum absolute atomic E-state index is 5.99. The Morgan fingerprint density at radius 3 is 2.65 bits per heavy atom. The van der Waals surface area contributed by atoms with Gasteiger partial charge in [-0.05, 0) is 36.2 Å². The van der Waals surface area contributed by atoms with Crippen molar-refractivity contribution in [3.8, 4) is 11.6 Å². The van der Waals surface area contributed by atoms with Crippen LogP contribution < -0.4 is 4.74 Å². The van der Waals surface area contributed by atoms with Gasteiger partial charge in [0.25, 0.3) is 0 Å². The molecule has 0 fully saturated rings. The Kier molecular flexibility index (Phi) is 3.72. The molecule has 2 aromatic rings. The highest BCUT2D eigenvalue weighted by Crippen LogP contribution is 2.32. The standard InChI is InChI=1S/C11H7Cl3N2O/c1-6-2-3-7(12)9(4-6)17-10-8(13)5-15-11(14)16-10/h2-5H,1H3. The Hall–Kier alpha value is -1.03. The van der Waals surface area contributed by atoms with Crippen LogP contribution in [0.15, 0.2) is 24.4 Å². The maximum atomic E-state index is 5.99. The van der Waals surface area contributed by atoms with Gasteiger partial charge in [-0.1, -0.05) is 29.3 Å². The van der Waals surface area contributed by atoms with E-state index in [9.17, 15) is 0 Å². The molecule has 6 heteroatoms. The van der Waals surface area contributed by atoms with Gasteiger partial charge >= 0.3 is 0 Å². The van der Waals surface area contributed by atoms with Gasteiger partial charge in [0.05, 0.1) is 11.2 Å². The summed E-state index contributed by atoms with van der Waals surface area (Å²) in [5.74, 6) is 0.655. The van der Waals surface area contributed by atoms with Gasteiger partial charge in [0.2, 0.25) is 11.2 Å². The van der Waals surface area contributed by atoms with E-state index in [1.165, 1.54) is 6.20 Å². The Morgan fingerprint density at radius 2 is 1.88 bits per heavy atom. The molecule has 0 aliphatic rings. The summed E-state index contributed by atoms with van der Waals surface area (Å²) in [7, 11) is 0. The van der Waals surface area contributed by atoms with Crippen molar-refractivity contribution in [1.29, 1.82) is 0 Å². The van der Waals surface area contributed by atoms with Crippen LogP contribution >= 0.6 is 34.8 Å². The number of benzene rings is 1. The largest absolute Gasteiger partial charge is 0.436 e. The quantitative estimate of drug-likeness (QED) is 0.761. The van der Waals surface area contributed by atoms with E-state index in [0.29, 0.717) is 10.8 Å². The van der Waals surface area contributed by atoms with Crippen LogP contribution in [0.2, 0.25) is 15.3 Å². The summed E-state index contributed by atoms with van der Waals surface area (Å²) in [5.41, 5.74) is 1.01. The van der Waals surface area contributed by atoms with Crippen LogP contribution in [0.1, 0.15) is 5.56 Å². The van der Waals surface area contributed by atoms with E-state index in [4.69, 9.17) is 39.5 Å². The van der Waals surface area contributed by atoms with Crippen LogP contribution in [-0.4, -0.2) is 9.97 Å². The lowest BCUT2D eigenvalue weighted by Crippen LogP contribution is -1.92. The van der Waals surface area contributed by atoms with Gasteiger partial charge in [-0.25, -0.2) is 4.98 Å². The van der Waals surface area contributed by atoms with E-state index >= 15 is 0 Å². The van der Waals surface area contributed by atoms with Crippen LogP contribution in [0, 0.1) is 6.92 Å². The zero-order valence-corrected chi connectivity index (χ0v) is 11.0. The Morgan fingerprint density at radius 1 is 1.12 bits per heavy atom. The number of aryl methyl sites for hydroxylation is 1. The van der Waals surface area contributed by atoms with Gasteiger partial charge in [-0.15, -0.1) is 0 Å². The van der Waals surface area contributed by atoms with E-state index in [-0.39, 0.29) is 16.2 Å². The molecule has 17 heavy (non-hydrogen) atoms. The second kappa shape index (κ2) is 5.08. The lowest BCUT2D eigenvalue weighted by Gasteiger charge is -2.08. The van der Waals surface area contributed by atoms with Crippen LogP contribution in [0.5, 0.6) is 11.6 Å². The number of hydrogen-bond acceptors (Lipinski definition) is 3. The van der Waals surface area contributed by atoms with E-state index < -0.39 is 0 Å². The van der Waals surface area contributed by atoms with Gasteiger partial charge in [0, 0.05) is 0 Å². The fourth-order valence-corrected chi connectivity index (χ4v) is 1.61. The van der Waals surface area contributed by atoms with Crippen molar-refractivity contribution in [2.75, 3.05) is 0 Å². The molecular weight excluding hydrogens is 282 g/mol. The molecule has 0 unspecified atom stereocenters. The predicted molar refractivity (Wildman–Crippen MR) is 68.3 cm³/mol. The van der Waals surface area contributed by atoms with Crippen molar-refractivity contribution < 1.29 is 4.74 Å². The summed E-state index contributed by atoms with van der Waals surface area (Å²) in [6.07, 6.45) is 1.37. The van der Waals surface area contributed by atoms with E-state index in [0.717, 1.165) is 5.56 Å². The van der Waals surface area contributed by atoms with Gasteiger partial charge in [0.15, 0.2) is 0 Å². The minimum Gasteiger partial charge on any atom is -0.436 e. The fourth-order valence-electron chi connectivity index (χ4n) is 1.20. The molecule has 1 heterocycles. The average Bonchev–Trinajstić information content (AvgIpc) is 2.28. The van der Waals surface area contributed by atoms with E-state index in [1.54, 1.807) is 12.1 Å². The van der Waals surface area contributed by atoms with Gasteiger partial charge in [-0.2, -0.15) is 4.98 Å². The molecule has 0 aliphatic carbocycles. The number of aromatic nitrogens is 2. The van der Waals surface area contributed by atoms with Crippen LogP contribution in [0.3, 0.4) is 0 Å². The molecule has 88 valence electrons. The summed E-state index contributed by atoms with van der Waals surface area (Å²) in [6.45, 7) is 1.93. The van der Waals surface area contributed by atoms with Crippen molar-refractivity contribution >= 4 is 34.8 Å². The number of hydrogen-bond donors (Lipinski definition) is 0. The third kappa shape index (κ3) is 3.00. The molecule has 0 saturated carbocycles. The second-order valence-electron chi connectivity index (χ2n) is 3.33. The minimum atomic E-state index is 0.0631. The summed E-state index contributed by atoms with van der Waals surface area (Å²) < 4.78 is 5.50. The van der Waals surface area contributed by atoms with Gasteiger partial charge in [0.1, 0.15) is 10.8 Å². The molecule has 0 saturated heterocycles. The summed E-state index contributed by atoms with van der Waals surface area (Å²) in [4.78, 5) is 7.61. The smallest absolute Gasteiger partial charge is 0.242 e. The first-order valence-corrected chi connectivity index (χ1v) is 5.81. The molecule has 0 amide bonds. The van der Waals surface area contributed by atoms with Crippen molar-refractivity contribution in [3.05, 3.63) is 45.3 Å². The molecule has 0 spiro atoms. The first-order valence-electron chi connectivity index (χ1n) is 4.68. The first-order chi connectivity index (χ1) is 8.06. The molecular formula is C11H7Cl3N2O. The average molecular weight is 290 g/mol. The molecule has 0 aliphatic heterocycles. The van der Waals surface area contributed by atoms with Gasteiger partial charge < -0.3 is 4.74 Å². The van der Waals surface area contributed by atoms with Crippen molar-refractivity contribution in [1.82, 2.24) is 9.97 Å². The van der Waals surface area contributed by atoms with E-state index in [2.05, 4.69) is 9.97 Å². The third-order valence-corrected chi connectivity index (χ3v) is 2.73. The Balaban J connectivity index is 2.37. The van der Waals surface area contributed by atoms with E-state index in [1.807, 2.05) is 13.0 Å². The lowest BCUT2D eigenvalue weighted by atomic mass is 10.2. The first kappa shape index (κ1) is 12.4. The molecule has 0 bridgehead atoms. The monoisotopic (exact) mass is 288 g/mol. The third-order valence-electron chi connectivity index (χ3n) is 1.98. The zero-order chi connectivity index (χ0) is 12.4. The molecule has 0 radical (unpaired) electrons. The molecule has 3 nitrogen and oxygen atoms in total. The Bertz CT molecular complexity index is 511. The normalized spacial score (nSPS) is 10.4. The maximum Gasteiger partial charge on any atom is 0.242 e. The summed E-state index contributed by atoms with van der Waals surface area (Å²) in [6, 6.07) is 5.40. The fraction of sp³-hybridized carbons (Fsp3) is 0.0909. The highest BCUT2D eigenvalue weighted by molar-refractivity contribution is 6.33. The highest BCUT2D eigenvalue weighted by Gasteiger charge is 2.09. The van der Waals surface area contributed by atoms with Crippen molar-refractivity contribution in [3.63, 3.8) is 0 Å². The van der Waals surface area contributed by atoms with Crippen LogP contribution in [0.25, 0.3) is 0 Å². The second-order valence-corrected chi connectivity index (χ2v) is 4.48. The number of nitrogens with zero attached hydrogens (tertiary/aromatic N) is 2.